The van der Waals surface area contributed by atoms with E-state index in [9.17, 15) is 0 Å². The number of hydrogen-bond acceptors (Lipinski definition) is 1. The molecule has 112 valence electrons. The highest BCUT2D eigenvalue weighted by molar-refractivity contribution is 9.10. The van der Waals surface area contributed by atoms with E-state index < -0.39 is 0 Å². The van der Waals surface area contributed by atoms with Crippen molar-refractivity contribution in [3.8, 4) is 0 Å². The van der Waals surface area contributed by atoms with Crippen molar-refractivity contribution < 1.29 is 0 Å². The molecule has 0 aliphatic heterocycles. The Balaban J connectivity index is 2.35. The van der Waals surface area contributed by atoms with E-state index in [1.54, 1.807) is 0 Å². The molecule has 2 aromatic carbocycles. The van der Waals surface area contributed by atoms with Crippen LogP contribution in [0.15, 0.2) is 46.9 Å². The lowest BCUT2D eigenvalue weighted by atomic mass is 9.96. The summed E-state index contributed by atoms with van der Waals surface area (Å²) in [6.45, 7) is 7.46. The van der Waals surface area contributed by atoms with E-state index >= 15 is 0 Å². The second kappa shape index (κ2) is 7.77. The maximum Gasteiger partial charge on any atom is 0.0587 e. The number of benzene rings is 2. The summed E-state index contributed by atoms with van der Waals surface area (Å²) in [6, 6.07) is 15.8. The Hall–Kier alpha value is -1.12. The molecular formula is C19H24BrN. The number of aryl methyl sites for hydroxylation is 2. The second-order valence-corrected chi connectivity index (χ2v) is 6.36. The van der Waals surface area contributed by atoms with Crippen LogP contribution in [-0.2, 0) is 6.42 Å². The molecule has 0 aromatic heterocycles. The molecule has 2 rings (SSSR count). The van der Waals surface area contributed by atoms with Gasteiger partial charge in [0.2, 0.25) is 0 Å². The fourth-order valence-electron chi connectivity index (χ4n) is 2.66. The third-order valence-corrected chi connectivity index (χ3v) is 4.44. The van der Waals surface area contributed by atoms with E-state index in [1.807, 2.05) is 0 Å². The molecule has 1 N–H and O–H groups in total. The molecule has 0 aliphatic carbocycles. The highest BCUT2D eigenvalue weighted by atomic mass is 79.9. The van der Waals surface area contributed by atoms with E-state index in [4.69, 9.17) is 0 Å². The molecule has 21 heavy (non-hydrogen) atoms. The average Bonchev–Trinajstić information content (AvgIpc) is 2.49. The van der Waals surface area contributed by atoms with Gasteiger partial charge >= 0.3 is 0 Å². The molecule has 0 saturated heterocycles. The number of rotatable bonds is 6. The second-order valence-electron chi connectivity index (χ2n) is 5.51. The first-order chi connectivity index (χ1) is 10.2. The Bertz CT molecular complexity index is 575. The van der Waals surface area contributed by atoms with Crippen molar-refractivity contribution in [2.75, 3.05) is 6.54 Å². The van der Waals surface area contributed by atoms with Crippen molar-refractivity contribution in [2.24, 2.45) is 0 Å². The van der Waals surface area contributed by atoms with Gasteiger partial charge in [-0.05, 0) is 42.6 Å². The lowest BCUT2D eigenvalue weighted by Crippen LogP contribution is -2.22. The van der Waals surface area contributed by atoms with Crippen LogP contribution < -0.4 is 5.32 Å². The topological polar surface area (TPSA) is 12.0 Å². The lowest BCUT2D eigenvalue weighted by molar-refractivity contribution is 0.628. The smallest absolute Gasteiger partial charge is 0.0587 e. The van der Waals surface area contributed by atoms with Crippen molar-refractivity contribution in [2.45, 2.75) is 39.7 Å². The molecule has 1 atom stereocenters. The number of halogens is 1. The molecule has 1 nitrogen and oxygen atoms in total. The molecule has 0 aliphatic rings. The van der Waals surface area contributed by atoms with Crippen LogP contribution in [0.5, 0.6) is 0 Å². The van der Waals surface area contributed by atoms with Gasteiger partial charge in [0.15, 0.2) is 0 Å². The minimum Gasteiger partial charge on any atom is -0.306 e. The summed E-state index contributed by atoms with van der Waals surface area (Å²) in [5.74, 6) is 0. The van der Waals surface area contributed by atoms with Crippen molar-refractivity contribution >= 4 is 15.9 Å². The molecule has 0 amide bonds. The fraction of sp³-hybridized carbons (Fsp3) is 0.368. The number of nitrogens with one attached hydrogen (secondary N) is 1. The van der Waals surface area contributed by atoms with E-state index in [0.717, 1.165) is 17.4 Å². The van der Waals surface area contributed by atoms with Crippen LogP contribution in [0.2, 0.25) is 0 Å². The van der Waals surface area contributed by atoms with E-state index in [-0.39, 0.29) is 6.04 Å². The predicted molar refractivity (Wildman–Crippen MR) is 94.8 cm³/mol. The summed E-state index contributed by atoms with van der Waals surface area (Å²) in [5, 5.41) is 3.60. The molecule has 0 radical (unpaired) electrons. The zero-order valence-electron chi connectivity index (χ0n) is 13.1. The van der Waals surface area contributed by atoms with Gasteiger partial charge in [0.05, 0.1) is 6.04 Å². The first kappa shape index (κ1) is 16.3. The first-order valence-electron chi connectivity index (χ1n) is 7.74. The normalized spacial score (nSPS) is 12.4. The monoisotopic (exact) mass is 345 g/mol. The first-order valence-corrected chi connectivity index (χ1v) is 8.53. The Morgan fingerprint density at radius 3 is 2.38 bits per heavy atom. The van der Waals surface area contributed by atoms with Gasteiger partial charge in [0.25, 0.3) is 0 Å². The molecule has 0 spiro atoms. The van der Waals surface area contributed by atoms with Gasteiger partial charge in [-0.1, -0.05) is 78.2 Å². The van der Waals surface area contributed by atoms with Crippen LogP contribution in [0.25, 0.3) is 0 Å². The molecule has 2 aromatic rings. The summed E-state index contributed by atoms with van der Waals surface area (Å²) in [4.78, 5) is 0. The maximum absolute atomic E-state index is 3.70. The summed E-state index contributed by atoms with van der Waals surface area (Å²) >= 11 is 3.70. The third kappa shape index (κ3) is 4.18. The van der Waals surface area contributed by atoms with Crippen molar-refractivity contribution in [3.05, 3.63) is 69.2 Å². The summed E-state index contributed by atoms with van der Waals surface area (Å²) in [6.07, 6.45) is 2.35. The third-order valence-electron chi connectivity index (χ3n) is 3.72. The molecular weight excluding hydrogens is 322 g/mol. The van der Waals surface area contributed by atoms with Gasteiger partial charge in [-0.15, -0.1) is 0 Å². The average molecular weight is 346 g/mol. The zero-order valence-corrected chi connectivity index (χ0v) is 14.7. The highest BCUT2D eigenvalue weighted by Gasteiger charge is 2.15. The van der Waals surface area contributed by atoms with Gasteiger partial charge < -0.3 is 5.32 Å². The van der Waals surface area contributed by atoms with Crippen LogP contribution >= 0.6 is 15.9 Å². The van der Waals surface area contributed by atoms with Crippen LogP contribution in [0.4, 0.5) is 0 Å². The Morgan fingerprint density at radius 1 is 1.05 bits per heavy atom. The fourth-order valence-corrected chi connectivity index (χ4v) is 3.14. The van der Waals surface area contributed by atoms with E-state index in [2.05, 4.69) is 84.5 Å². The largest absolute Gasteiger partial charge is 0.306 e. The highest BCUT2D eigenvalue weighted by Crippen LogP contribution is 2.29. The van der Waals surface area contributed by atoms with Gasteiger partial charge in [0, 0.05) is 4.47 Å². The van der Waals surface area contributed by atoms with Gasteiger partial charge in [0.1, 0.15) is 0 Å². The molecule has 0 heterocycles. The summed E-state index contributed by atoms with van der Waals surface area (Å²) in [5.41, 5.74) is 5.33. The van der Waals surface area contributed by atoms with Gasteiger partial charge in [-0.25, -0.2) is 0 Å². The predicted octanol–water partition coefficient (Wildman–Crippen LogP) is 5.41. The Labute approximate surface area is 136 Å². The molecule has 1 unspecified atom stereocenters. The van der Waals surface area contributed by atoms with Crippen LogP contribution in [0.1, 0.15) is 48.6 Å². The van der Waals surface area contributed by atoms with E-state index in [1.165, 1.54) is 28.7 Å². The maximum atomic E-state index is 3.70. The SMILES string of the molecule is CCCc1ccc(C(NCC)c2cc(C)ccc2Br)cc1. The quantitative estimate of drug-likeness (QED) is 0.737. The minimum absolute atomic E-state index is 0.236. The van der Waals surface area contributed by atoms with Crippen molar-refractivity contribution in [3.63, 3.8) is 0 Å². The van der Waals surface area contributed by atoms with Crippen LogP contribution in [0.3, 0.4) is 0 Å². The molecule has 0 fully saturated rings. The Morgan fingerprint density at radius 2 is 1.76 bits per heavy atom. The van der Waals surface area contributed by atoms with Gasteiger partial charge in [-0.3, -0.25) is 0 Å². The van der Waals surface area contributed by atoms with Crippen LogP contribution in [0, 0.1) is 6.92 Å². The zero-order chi connectivity index (χ0) is 15.2. The van der Waals surface area contributed by atoms with Gasteiger partial charge in [-0.2, -0.15) is 0 Å². The standard InChI is InChI=1S/C19H24BrN/c1-4-6-15-8-10-16(11-9-15)19(21-5-2)17-13-14(3)7-12-18(17)20/h7-13,19,21H,4-6H2,1-3H3. The number of hydrogen-bond donors (Lipinski definition) is 1. The van der Waals surface area contributed by atoms with Crippen molar-refractivity contribution in [1.82, 2.24) is 5.32 Å². The molecule has 2 heteroatoms. The van der Waals surface area contributed by atoms with Crippen molar-refractivity contribution in [1.29, 1.82) is 0 Å². The summed E-state index contributed by atoms with van der Waals surface area (Å²) < 4.78 is 1.16. The Kier molecular flexibility index (Phi) is 6.01. The molecule has 0 bridgehead atoms. The van der Waals surface area contributed by atoms with Crippen LogP contribution in [-0.4, -0.2) is 6.54 Å². The molecule has 0 saturated carbocycles. The van der Waals surface area contributed by atoms with E-state index in [0.29, 0.717) is 0 Å². The summed E-state index contributed by atoms with van der Waals surface area (Å²) in [7, 11) is 0. The minimum atomic E-state index is 0.236. The lowest BCUT2D eigenvalue weighted by Gasteiger charge is -2.21.